The van der Waals surface area contributed by atoms with Crippen molar-refractivity contribution in [3.05, 3.63) is 30.3 Å². The fraction of sp³-hybridized carbons (Fsp3) is 0.286. The summed E-state index contributed by atoms with van der Waals surface area (Å²) in [4.78, 5) is 0. The van der Waals surface area contributed by atoms with Crippen molar-refractivity contribution in [3.63, 3.8) is 0 Å². The molecule has 1 aromatic heterocycles. The maximum Gasteiger partial charge on any atom is 0.408 e. The van der Waals surface area contributed by atoms with Crippen LogP contribution in [0.15, 0.2) is 24.4 Å². The predicted octanol–water partition coefficient (Wildman–Crippen LogP) is 1.38. The number of aromatic nitrogens is 1. The Kier molecular flexibility index (Phi) is 4.20. The second-order valence-corrected chi connectivity index (χ2v) is 1.37. The lowest BCUT2D eigenvalue weighted by molar-refractivity contribution is -0.923. The van der Waals surface area contributed by atoms with Gasteiger partial charge >= 0.3 is 5.95 Å². The second kappa shape index (κ2) is 4.73. The van der Waals surface area contributed by atoms with Gasteiger partial charge in [-0.05, 0) is 6.07 Å². The average Bonchev–Trinajstić information content (AvgIpc) is 2.00. The SMILES string of the molecule is CC.O[n+]1ccccc1F. The lowest BCUT2D eigenvalue weighted by Gasteiger charge is -1.79. The van der Waals surface area contributed by atoms with Gasteiger partial charge in [0.05, 0.1) is 0 Å². The van der Waals surface area contributed by atoms with Crippen LogP contribution in [-0.4, -0.2) is 5.21 Å². The van der Waals surface area contributed by atoms with Crippen LogP contribution in [0.5, 0.6) is 0 Å². The van der Waals surface area contributed by atoms with Crippen molar-refractivity contribution in [1.82, 2.24) is 0 Å². The molecule has 0 saturated carbocycles. The topological polar surface area (TPSA) is 24.1 Å². The Morgan fingerprint density at radius 2 is 2.00 bits per heavy atom. The Morgan fingerprint density at radius 1 is 1.40 bits per heavy atom. The van der Waals surface area contributed by atoms with Crippen molar-refractivity contribution < 1.29 is 14.3 Å². The van der Waals surface area contributed by atoms with Gasteiger partial charge in [0.15, 0.2) is 0 Å². The first-order valence-electron chi connectivity index (χ1n) is 3.16. The molecule has 0 aliphatic carbocycles. The Balaban J connectivity index is 0.000000371. The first kappa shape index (κ1) is 8.88. The highest BCUT2D eigenvalue weighted by molar-refractivity contribution is 4.85. The summed E-state index contributed by atoms with van der Waals surface area (Å²) in [6.07, 6.45) is 1.22. The van der Waals surface area contributed by atoms with Crippen LogP contribution in [0.2, 0.25) is 0 Å². The van der Waals surface area contributed by atoms with Gasteiger partial charge in [0.1, 0.15) is 0 Å². The molecule has 10 heavy (non-hydrogen) atoms. The number of hydrogen-bond acceptors (Lipinski definition) is 1. The highest BCUT2D eigenvalue weighted by Crippen LogP contribution is 1.83. The van der Waals surface area contributed by atoms with E-state index in [2.05, 4.69) is 0 Å². The summed E-state index contributed by atoms with van der Waals surface area (Å²) in [5, 5.41) is 8.46. The molecule has 3 heteroatoms. The lowest BCUT2D eigenvalue weighted by Crippen LogP contribution is -2.33. The van der Waals surface area contributed by atoms with E-state index in [1.807, 2.05) is 13.8 Å². The molecule has 0 fully saturated rings. The van der Waals surface area contributed by atoms with Crippen LogP contribution in [-0.2, 0) is 0 Å². The fourth-order valence-electron chi connectivity index (χ4n) is 0.414. The normalized spacial score (nSPS) is 7.90. The zero-order valence-corrected chi connectivity index (χ0v) is 6.08. The Morgan fingerprint density at radius 3 is 2.30 bits per heavy atom. The van der Waals surface area contributed by atoms with E-state index in [0.29, 0.717) is 4.73 Å². The van der Waals surface area contributed by atoms with Gasteiger partial charge in [0.2, 0.25) is 6.20 Å². The number of halogens is 1. The number of hydrogen-bond donors (Lipinski definition) is 1. The van der Waals surface area contributed by atoms with Gasteiger partial charge in [-0.25, -0.2) is 0 Å². The molecule has 56 valence electrons. The Labute approximate surface area is 59.5 Å². The van der Waals surface area contributed by atoms with Crippen molar-refractivity contribution >= 4 is 0 Å². The molecule has 0 saturated heterocycles. The monoisotopic (exact) mass is 144 g/mol. The lowest BCUT2D eigenvalue weighted by atomic mass is 10.5. The molecule has 1 aromatic rings. The summed E-state index contributed by atoms with van der Waals surface area (Å²) >= 11 is 0. The molecule has 1 rings (SSSR count). The summed E-state index contributed by atoms with van der Waals surface area (Å²) in [5.74, 6) is -0.660. The Hall–Kier alpha value is -1.12. The summed E-state index contributed by atoms with van der Waals surface area (Å²) in [6.45, 7) is 4.00. The van der Waals surface area contributed by atoms with Gasteiger partial charge in [0.25, 0.3) is 0 Å². The first-order chi connectivity index (χ1) is 4.80. The van der Waals surface area contributed by atoms with E-state index in [4.69, 9.17) is 5.21 Å². The number of pyridine rings is 1. The van der Waals surface area contributed by atoms with Crippen molar-refractivity contribution in [2.45, 2.75) is 13.8 Å². The van der Waals surface area contributed by atoms with Crippen molar-refractivity contribution in [3.8, 4) is 0 Å². The zero-order valence-electron chi connectivity index (χ0n) is 6.08. The average molecular weight is 144 g/mol. The highest BCUT2D eigenvalue weighted by atomic mass is 19.1. The molecule has 0 atom stereocenters. The van der Waals surface area contributed by atoms with Crippen LogP contribution < -0.4 is 4.73 Å². The van der Waals surface area contributed by atoms with Crippen LogP contribution >= 0.6 is 0 Å². The van der Waals surface area contributed by atoms with E-state index >= 15 is 0 Å². The molecule has 0 aromatic carbocycles. The van der Waals surface area contributed by atoms with Crippen LogP contribution in [0.3, 0.4) is 0 Å². The van der Waals surface area contributed by atoms with E-state index in [-0.39, 0.29) is 0 Å². The molecule has 0 amide bonds. The van der Waals surface area contributed by atoms with Gasteiger partial charge in [-0.15, -0.1) is 4.39 Å². The standard InChI is InChI=1S/C5H5FNO.C2H6/c6-5-3-1-2-4-7(5)8;1-2/h1-4,8H;1-2H3/q+1;. The number of rotatable bonds is 0. The van der Waals surface area contributed by atoms with Crippen LogP contribution in [0, 0.1) is 5.95 Å². The summed E-state index contributed by atoms with van der Waals surface area (Å²) in [7, 11) is 0. The predicted molar refractivity (Wildman–Crippen MR) is 35.1 cm³/mol. The molecular formula is C7H11FNO+. The van der Waals surface area contributed by atoms with Gasteiger partial charge in [-0.1, -0.05) is 13.8 Å². The minimum atomic E-state index is -0.660. The quantitative estimate of drug-likeness (QED) is 0.332. The molecule has 2 nitrogen and oxygen atoms in total. The largest absolute Gasteiger partial charge is 0.408 e. The van der Waals surface area contributed by atoms with Crippen molar-refractivity contribution in [1.29, 1.82) is 0 Å². The molecule has 0 unspecified atom stereocenters. The second-order valence-electron chi connectivity index (χ2n) is 1.37. The van der Waals surface area contributed by atoms with E-state index in [0.717, 1.165) is 0 Å². The summed E-state index contributed by atoms with van der Waals surface area (Å²) in [5.41, 5.74) is 0. The maximum absolute atomic E-state index is 12.0. The Bertz CT molecular complexity index is 170. The molecular weight excluding hydrogens is 133 g/mol. The minimum Gasteiger partial charge on any atom is -0.282 e. The maximum atomic E-state index is 12.0. The van der Waals surface area contributed by atoms with Gasteiger partial charge in [-0.3, -0.25) is 5.21 Å². The van der Waals surface area contributed by atoms with Gasteiger partial charge in [0, 0.05) is 16.9 Å². The van der Waals surface area contributed by atoms with Crippen LogP contribution in [0.1, 0.15) is 13.8 Å². The van der Waals surface area contributed by atoms with Gasteiger partial charge in [-0.2, -0.15) is 0 Å². The molecule has 1 heterocycles. The molecule has 0 bridgehead atoms. The van der Waals surface area contributed by atoms with Crippen LogP contribution in [0.4, 0.5) is 4.39 Å². The third-order valence-electron chi connectivity index (χ3n) is 0.791. The summed E-state index contributed by atoms with van der Waals surface area (Å²) < 4.78 is 12.4. The first-order valence-corrected chi connectivity index (χ1v) is 3.16. The molecule has 0 spiro atoms. The fourth-order valence-corrected chi connectivity index (χ4v) is 0.414. The highest BCUT2D eigenvalue weighted by Gasteiger charge is 2.02. The third-order valence-corrected chi connectivity index (χ3v) is 0.791. The molecule has 1 N–H and O–H groups in total. The third kappa shape index (κ3) is 2.44. The van der Waals surface area contributed by atoms with E-state index in [1.54, 1.807) is 0 Å². The zero-order chi connectivity index (χ0) is 7.98. The van der Waals surface area contributed by atoms with Crippen molar-refractivity contribution in [2.24, 2.45) is 0 Å². The minimum absolute atomic E-state index is 0.417. The van der Waals surface area contributed by atoms with E-state index in [9.17, 15) is 4.39 Å². The summed E-state index contributed by atoms with van der Waals surface area (Å²) in [6, 6.07) is 4.20. The van der Waals surface area contributed by atoms with Crippen LogP contribution in [0.25, 0.3) is 0 Å². The van der Waals surface area contributed by atoms with Gasteiger partial charge < -0.3 is 0 Å². The molecule has 0 aliphatic rings. The van der Waals surface area contributed by atoms with E-state index in [1.165, 1.54) is 24.4 Å². The van der Waals surface area contributed by atoms with E-state index < -0.39 is 5.95 Å². The molecule has 0 aliphatic heterocycles. The van der Waals surface area contributed by atoms with Crippen molar-refractivity contribution in [2.75, 3.05) is 0 Å². The molecule has 0 radical (unpaired) electrons. The smallest absolute Gasteiger partial charge is 0.282 e. The number of nitrogens with zero attached hydrogens (tertiary/aromatic N) is 1.